The average Bonchev–Trinajstić information content (AvgIpc) is 3.38. The lowest BCUT2D eigenvalue weighted by Crippen LogP contribution is -2.43. The molecule has 2 aromatic carbocycles. The lowest BCUT2D eigenvalue weighted by molar-refractivity contribution is -0.137. The van der Waals surface area contributed by atoms with Crippen LogP contribution >= 0.6 is 11.6 Å². The van der Waals surface area contributed by atoms with E-state index in [0.29, 0.717) is 26.1 Å². The van der Waals surface area contributed by atoms with E-state index in [-0.39, 0.29) is 29.9 Å². The van der Waals surface area contributed by atoms with Gasteiger partial charge in [-0.15, -0.1) is 0 Å². The van der Waals surface area contributed by atoms with Crippen molar-refractivity contribution in [1.29, 1.82) is 0 Å². The van der Waals surface area contributed by atoms with E-state index in [0.717, 1.165) is 58.8 Å². The van der Waals surface area contributed by atoms with Crippen LogP contribution in [0.2, 0.25) is 5.02 Å². The highest BCUT2D eigenvalue weighted by molar-refractivity contribution is 7.89. The molecule has 1 aliphatic heterocycles. The second-order valence-electron chi connectivity index (χ2n) is 14.7. The fourth-order valence-corrected chi connectivity index (χ4v) is 9.31. The van der Waals surface area contributed by atoms with Gasteiger partial charge < -0.3 is 14.2 Å². The first-order valence-electron chi connectivity index (χ1n) is 18.6. The molecule has 1 saturated heterocycles. The number of ether oxygens (including phenoxy) is 1. The van der Waals surface area contributed by atoms with Crippen molar-refractivity contribution >= 4 is 44.1 Å². The van der Waals surface area contributed by atoms with Crippen molar-refractivity contribution in [3.05, 3.63) is 124 Å². The predicted octanol–water partition coefficient (Wildman–Crippen LogP) is 7.11. The van der Waals surface area contributed by atoms with E-state index in [4.69, 9.17) is 21.3 Å². The third-order valence-corrected chi connectivity index (χ3v) is 12.8. The van der Waals surface area contributed by atoms with Gasteiger partial charge in [-0.1, -0.05) is 55.3 Å². The lowest BCUT2D eigenvalue weighted by Gasteiger charge is -2.31. The molecule has 3 aromatic heterocycles. The minimum absolute atomic E-state index is 0.0906. The zero-order valence-corrected chi connectivity index (χ0v) is 32.9. The van der Waals surface area contributed by atoms with Crippen LogP contribution in [0.1, 0.15) is 66.9 Å². The SMILES string of the molecule is Cc1nc2cnccc2n1Cc1ccc(S(=O)(=O)N(C)[C@H](COCC(=O)N2CCC(=C3c4ccc(Cl)cc4CCc4cccnc43)CC2)CC(C)C)cc1. The minimum atomic E-state index is -3.83. The highest BCUT2D eigenvalue weighted by Crippen LogP contribution is 2.38. The molecule has 0 bridgehead atoms. The molecule has 7 rings (SSSR count). The van der Waals surface area contributed by atoms with E-state index in [1.165, 1.54) is 32.1 Å². The standard InChI is InChI=1S/C42H47ClN6O4S/c1-28(2)22-35(47(4)54(51,52)36-12-7-30(8-13-36)25-49-29(3)46-38-24-44-19-15-39(38)49)26-53-27-40(50)48-20-16-31(17-21-48)41-37-14-11-34(43)23-33(37)10-9-32-6-5-18-45-42(32)41/h5-8,11-15,18-19,23-24,28,35H,9-10,16-17,20-22,25-27H2,1-4H3/t35-/m0/s1. The predicted molar refractivity (Wildman–Crippen MR) is 212 cm³/mol. The number of rotatable bonds is 11. The molecule has 2 aliphatic rings. The third kappa shape index (κ3) is 8.00. The number of pyridine rings is 2. The summed E-state index contributed by atoms with van der Waals surface area (Å²) in [5, 5.41) is 0.732. The average molecular weight is 767 g/mol. The van der Waals surface area contributed by atoms with Crippen LogP contribution in [0.5, 0.6) is 0 Å². The summed E-state index contributed by atoms with van der Waals surface area (Å²) in [5.74, 6) is 0.992. The van der Waals surface area contributed by atoms with Crippen molar-refractivity contribution in [3.8, 4) is 0 Å². The molecular formula is C42H47ClN6O4S. The molecule has 10 nitrogen and oxygen atoms in total. The number of aromatic nitrogens is 4. The van der Waals surface area contributed by atoms with Gasteiger partial charge in [0.2, 0.25) is 15.9 Å². The first-order chi connectivity index (χ1) is 26.0. The summed E-state index contributed by atoms with van der Waals surface area (Å²) < 4.78 is 37.2. The van der Waals surface area contributed by atoms with Crippen LogP contribution in [0.3, 0.4) is 0 Å². The number of fused-ring (bicyclic) bond motifs is 3. The number of likely N-dealkylation sites (tertiary alicyclic amines) is 1. The van der Waals surface area contributed by atoms with Crippen molar-refractivity contribution in [2.75, 3.05) is 33.4 Å². The number of likely N-dealkylation sites (N-methyl/N-ethyl adjacent to an activating group) is 1. The number of nitrogens with zero attached hydrogens (tertiary/aromatic N) is 6. The van der Waals surface area contributed by atoms with Crippen molar-refractivity contribution in [2.45, 2.75) is 70.4 Å². The van der Waals surface area contributed by atoms with E-state index < -0.39 is 16.1 Å². The van der Waals surface area contributed by atoms with Gasteiger partial charge in [-0.25, -0.2) is 13.4 Å². The zero-order valence-electron chi connectivity index (χ0n) is 31.3. The van der Waals surface area contributed by atoms with Gasteiger partial charge in [0.1, 0.15) is 17.9 Å². The van der Waals surface area contributed by atoms with Crippen LogP contribution in [0.4, 0.5) is 0 Å². The fraction of sp³-hybridized carbons (Fsp3) is 0.381. The van der Waals surface area contributed by atoms with Crippen LogP contribution in [-0.4, -0.2) is 82.4 Å². The van der Waals surface area contributed by atoms with Crippen molar-refractivity contribution in [2.24, 2.45) is 5.92 Å². The molecule has 5 aromatic rings. The summed E-state index contributed by atoms with van der Waals surface area (Å²) in [6, 6.07) is 18.8. The first-order valence-corrected chi connectivity index (χ1v) is 20.5. The number of benzene rings is 2. The second kappa shape index (κ2) is 16.1. The maximum absolute atomic E-state index is 13.9. The topological polar surface area (TPSA) is 111 Å². The van der Waals surface area contributed by atoms with E-state index in [9.17, 15) is 13.2 Å². The largest absolute Gasteiger partial charge is 0.370 e. The molecular weight excluding hydrogens is 720 g/mol. The molecule has 1 fully saturated rings. The van der Waals surface area contributed by atoms with Gasteiger partial charge in [-0.3, -0.25) is 14.8 Å². The van der Waals surface area contributed by atoms with Crippen molar-refractivity contribution < 1.29 is 17.9 Å². The molecule has 0 radical (unpaired) electrons. The van der Waals surface area contributed by atoms with Crippen LogP contribution in [0.25, 0.3) is 16.6 Å². The molecule has 0 spiro atoms. The number of hydrogen-bond donors (Lipinski definition) is 0. The molecule has 1 aliphatic carbocycles. The number of hydrogen-bond acceptors (Lipinski definition) is 7. The van der Waals surface area contributed by atoms with Gasteiger partial charge in [0.05, 0.1) is 28.9 Å². The van der Waals surface area contributed by atoms with E-state index in [1.807, 2.05) is 48.4 Å². The minimum Gasteiger partial charge on any atom is -0.370 e. The second-order valence-corrected chi connectivity index (χ2v) is 17.2. The summed E-state index contributed by atoms with van der Waals surface area (Å²) in [6.07, 6.45) is 9.21. The van der Waals surface area contributed by atoms with Gasteiger partial charge in [0.25, 0.3) is 0 Å². The Morgan fingerprint density at radius 2 is 1.74 bits per heavy atom. The number of aryl methyl sites for hydroxylation is 3. The van der Waals surface area contributed by atoms with Crippen LogP contribution in [0, 0.1) is 12.8 Å². The van der Waals surface area contributed by atoms with Crippen molar-refractivity contribution in [3.63, 3.8) is 0 Å². The van der Waals surface area contributed by atoms with Crippen molar-refractivity contribution in [1.82, 2.24) is 28.7 Å². The van der Waals surface area contributed by atoms with Gasteiger partial charge in [-0.2, -0.15) is 4.31 Å². The molecule has 0 N–H and O–H groups in total. The number of halogens is 1. The summed E-state index contributed by atoms with van der Waals surface area (Å²) in [5.41, 5.74) is 9.89. The lowest BCUT2D eigenvalue weighted by atomic mass is 9.88. The number of imidazole rings is 1. The van der Waals surface area contributed by atoms with Crippen LogP contribution < -0.4 is 0 Å². The molecule has 4 heterocycles. The Labute approximate surface area is 322 Å². The number of piperidine rings is 1. The first kappa shape index (κ1) is 37.9. The molecule has 54 heavy (non-hydrogen) atoms. The van der Waals surface area contributed by atoms with Crippen LogP contribution in [-0.2, 0) is 38.9 Å². The summed E-state index contributed by atoms with van der Waals surface area (Å²) in [6.45, 7) is 7.80. The van der Waals surface area contributed by atoms with Gasteiger partial charge in [0, 0.05) is 55.7 Å². The van der Waals surface area contributed by atoms with Gasteiger partial charge in [0.15, 0.2) is 0 Å². The quantitative estimate of drug-likeness (QED) is 0.141. The maximum atomic E-state index is 13.9. The van der Waals surface area contributed by atoms with Crippen LogP contribution in [0.15, 0.2) is 89.7 Å². The molecule has 0 saturated carbocycles. The Morgan fingerprint density at radius 1 is 0.981 bits per heavy atom. The van der Waals surface area contributed by atoms with Gasteiger partial charge in [-0.05, 0) is 104 Å². The Balaban J connectivity index is 0.983. The Kier molecular flexibility index (Phi) is 11.3. The smallest absolute Gasteiger partial charge is 0.248 e. The Hall–Kier alpha value is -4.42. The molecule has 1 atom stereocenters. The number of sulfonamides is 1. The third-order valence-electron chi connectivity index (χ3n) is 10.7. The monoisotopic (exact) mass is 766 g/mol. The number of carbonyl (C=O) groups excluding carboxylic acids is 1. The molecule has 12 heteroatoms. The Bertz CT molecular complexity index is 2290. The van der Waals surface area contributed by atoms with Gasteiger partial charge >= 0.3 is 0 Å². The normalized spacial score (nSPS) is 15.4. The number of amides is 1. The summed E-state index contributed by atoms with van der Waals surface area (Å²) >= 11 is 6.40. The molecule has 282 valence electrons. The summed E-state index contributed by atoms with van der Waals surface area (Å²) in [7, 11) is -2.23. The maximum Gasteiger partial charge on any atom is 0.248 e. The van der Waals surface area contributed by atoms with E-state index in [2.05, 4.69) is 46.6 Å². The zero-order chi connectivity index (χ0) is 38.0. The van der Waals surface area contributed by atoms with E-state index >= 15 is 0 Å². The highest BCUT2D eigenvalue weighted by atomic mass is 35.5. The molecule has 1 amide bonds. The highest BCUT2D eigenvalue weighted by Gasteiger charge is 2.30. The van der Waals surface area contributed by atoms with E-state index in [1.54, 1.807) is 31.6 Å². The fourth-order valence-electron chi connectivity index (χ4n) is 7.76. The Morgan fingerprint density at radius 3 is 2.50 bits per heavy atom. The number of carbonyl (C=O) groups is 1. The summed E-state index contributed by atoms with van der Waals surface area (Å²) in [4.78, 5) is 29.1. The molecule has 0 unspecified atom stereocenters.